The molecule has 15 heteroatoms. The highest BCUT2D eigenvalue weighted by atomic mass is 35.5. The van der Waals surface area contributed by atoms with Gasteiger partial charge in [0.2, 0.25) is 0 Å². The van der Waals surface area contributed by atoms with E-state index < -0.39 is 17.8 Å². The third-order valence-electron chi connectivity index (χ3n) is 10.1. The first-order valence-electron chi connectivity index (χ1n) is 16.6. The quantitative estimate of drug-likeness (QED) is 0.274. The van der Waals surface area contributed by atoms with E-state index in [2.05, 4.69) is 27.2 Å². The molecule has 0 aliphatic carbocycles. The van der Waals surface area contributed by atoms with Crippen LogP contribution in [0.1, 0.15) is 89.3 Å². The van der Waals surface area contributed by atoms with Gasteiger partial charge in [-0.15, -0.1) is 5.92 Å². The molecule has 4 aliphatic heterocycles. The van der Waals surface area contributed by atoms with Crippen LogP contribution in [-0.4, -0.2) is 69.4 Å². The van der Waals surface area contributed by atoms with Gasteiger partial charge in [-0.05, 0) is 69.8 Å². The van der Waals surface area contributed by atoms with Crippen LogP contribution >= 0.6 is 11.6 Å². The molecular formula is C34H38ClF3N8O3. The van der Waals surface area contributed by atoms with Gasteiger partial charge in [0.05, 0.1) is 46.8 Å². The standard InChI is InChI=1S/C34H38ClF3N8O3/c1-3-7-20-14-21(39)15-22(27(20)34(36,37)38)26-16-24-23(18-48-26)30(42-32(41-24)49-19-33-8-4-11-45(33)12-5-9-33)44-10-6-13-46-25(17-44)28(35)29(43-46)31(47)40-2/h14-15,26H,4-6,8-13,16-19,39H2,1-2H3,(H,40,47). The zero-order chi connectivity index (χ0) is 34.5. The summed E-state index contributed by atoms with van der Waals surface area (Å²) in [7, 11) is 1.52. The number of nitrogens with two attached hydrogens (primary N) is 1. The maximum atomic E-state index is 14.5. The van der Waals surface area contributed by atoms with Gasteiger partial charge < -0.3 is 25.4 Å². The summed E-state index contributed by atoms with van der Waals surface area (Å²) in [6.07, 6.45) is -0.702. The highest BCUT2D eigenvalue weighted by molar-refractivity contribution is 6.34. The Hall–Kier alpha value is -4.06. The fraction of sp³-hybridized carbons (Fsp3) is 0.529. The summed E-state index contributed by atoms with van der Waals surface area (Å²) in [5.74, 6) is 5.31. The van der Waals surface area contributed by atoms with E-state index in [0.29, 0.717) is 55.4 Å². The Kier molecular flexibility index (Phi) is 8.87. The average Bonchev–Trinajstić information content (AvgIpc) is 3.69. The number of nitrogens with zero attached hydrogens (tertiary/aromatic N) is 6. The largest absolute Gasteiger partial charge is 0.461 e. The van der Waals surface area contributed by atoms with E-state index in [-0.39, 0.29) is 58.0 Å². The van der Waals surface area contributed by atoms with Crippen molar-refractivity contribution in [2.75, 3.05) is 43.9 Å². The van der Waals surface area contributed by atoms with Crippen molar-refractivity contribution in [3.05, 3.63) is 56.5 Å². The Morgan fingerprint density at radius 1 is 1.18 bits per heavy atom. The Bertz CT molecular complexity index is 1840. The number of aryl methyl sites for hydroxylation is 1. The zero-order valence-corrected chi connectivity index (χ0v) is 28.2. The second-order valence-electron chi connectivity index (χ2n) is 13.1. The number of anilines is 2. The van der Waals surface area contributed by atoms with Gasteiger partial charge in [-0.1, -0.05) is 17.5 Å². The fourth-order valence-corrected chi connectivity index (χ4v) is 8.11. The number of hydrogen-bond acceptors (Lipinski definition) is 9. The van der Waals surface area contributed by atoms with Crippen LogP contribution < -0.4 is 20.7 Å². The molecular weight excluding hydrogens is 661 g/mol. The molecule has 2 aromatic heterocycles. The monoisotopic (exact) mass is 698 g/mol. The number of aromatic nitrogens is 4. The zero-order valence-electron chi connectivity index (χ0n) is 27.4. The van der Waals surface area contributed by atoms with Crippen LogP contribution in [0.25, 0.3) is 0 Å². The fourth-order valence-electron chi connectivity index (χ4n) is 7.83. The van der Waals surface area contributed by atoms with Gasteiger partial charge in [-0.25, -0.2) is 0 Å². The Morgan fingerprint density at radius 3 is 2.67 bits per heavy atom. The maximum absolute atomic E-state index is 14.5. The van der Waals surface area contributed by atoms with Crippen molar-refractivity contribution in [2.24, 2.45) is 0 Å². The number of ether oxygens (including phenoxy) is 2. The van der Waals surface area contributed by atoms with Gasteiger partial charge in [0.25, 0.3) is 5.91 Å². The van der Waals surface area contributed by atoms with Gasteiger partial charge >= 0.3 is 12.2 Å². The summed E-state index contributed by atoms with van der Waals surface area (Å²) in [6.45, 7) is 5.33. The summed E-state index contributed by atoms with van der Waals surface area (Å²) in [5.41, 5.74) is 7.05. The number of nitrogen functional groups attached to an aromatic ring is 1. The van der Waals surface area contributed by atoms with E-state index in [1.54, 1.807) is 4.68 Å². The number of halogens is 4. The third kappa shape index (κ3) is 6.17. The molecule has 3 aromatic rings. The lowest BCUT2D eigenvalue weighted by molar-refractivity contribution is -0.140. The van der Waals surface area contributed by atoms with Crippen molar-refractivity contribution in [3.8, 4) is 17.9 Å². The van der Waals surface area contributed by atoms with E-state index in [9.17, 15) is 18.0 Å². The summed E-state index contributed by atoms with van der Waals surface area (Å²) in [5, 5.41) is 7.30. The summed E-state index contributed by atoms with van der Waals surface area (Å²) in [4.78, 5) is 26.7. The molecule has 7 rings (SSSR count). The summed E-state index contributed by atoms with van der Waals surface area (Å²) >= 11 is 6.71. The summed E-state index contributed by atoms with van der Waals surface area (Å²) in [6, 6.07) is 2.72. The van der Waals surface area contributed by atoms with Gasteiger partial charge in [-0.2, -0.15) is 28.2 Å². The molecule has 0 bridgehead atoms. The molecule has 0 spiro atoms. The number of hydrogen-bond donors (Lipinski definition) is 2. The molecule has 0 saturated carbocycles. The molecule has 2 saturated heterocycles. The SMILES string of the molecule is CC#Cc1cc(N)cc(C2Cc3nc(OCC45CCCN4CCC5)nc(N4CCCn5nc(C(=O)NC)c(Cl)c5C4)c3CO2)c1C(F)(F)F. The number of rotatable bonds is 6. The van der Waals surface area contributed by atoms with Crippen LogP contribution in [0.2, 0.25) is 5.02 Å². The van der Waals surface area contributed by atoms with E-state index in [4.69, 9.17) is 36.8 Å². The molecule has 1 unspecified atom stereocenters. The molecule has 6 heterocycles. The lowest BCUT2D eigenvalue weighted by Crippen LogP contribution is -2.43. The van der Waals surface area contributed by atoms with Crippen molar-refractivity contribution in [1.29, 1.82) is 0 Å². The minimum atomic E-state index is -4.69. The van der Waals surface area contributed by atoms with Crippen LogP contribution in [0, 0.1) is 11.8 Å². The predicted molar refractivity (Wildman–Crippen MR) is 176 cm³/mol. The number of amides is 1. The molecule has 2 fully saturated rings. The van der Waals surface area contributed by atoms with Gasteiger partial charge in [0.15, 0.2) is 5.69 Å². The summed E-state index contributed by atoms with van der Waals surface area (Å²) < 4.78 is 58.0. The first kappa shape index (κ1) is 33.4. The van der Waals surface area contributed by atoms with Crippen LogP contribution in [0.15, 0.2) is 12.1 Å². The maximum Gasteiger partial charge on any atom is 0.417 e. The van der Waals surface area contributed by atoms with Crippen molar-refractivity contribution in [3.63, 3.8) is 0 Å². The molecule has 1 atom stereocenters. The lowest BCUT2D eigenvalue weighted by Gasteiger charge is -2.33. The topological polar surface area (TPSA) is 124 Å². The smallest absolute Gasteiger partial charge is 0.417 e. The molecule has 1 amide bonds. The van der Waals surface area contributed by atoms with Crippen molar-refractivity contribution >= 4 is 29.0 Å². The van der Waals surface area contributed by atoms with E-state index >= 15 is 0 Å². The first-order chi connectivity index (χ1) is 23.5. The average molecular weight is 699 g/mol. The van der Waals surface area contributed by atoms with E-state index in [0.717, 1.165) is 38.8 Å². The number of carbonyl (C=O) groups is 1. The van der Waals surface area contributed by atoms with Crippen LogP contribution in [-0.2, 0) is 37.0 Å². The molecule has 49 heavy (non-hydrogen) atoms. The highest BCUT2D eigenvalue weighted by Gasteiger charge is 2.45. The minimum Gasteiger partial charge on any atom is -0.461 e. The molecule has 1 aromatic carbocycles. The molecule has 260 valence electrons. The van der Waals surface area contributed by atoms with Gasteiger partial charge in [0, 0.05) is 43.4 Å². The number of nitrogens with one attached hydrogen (secondary N) is 1. The molecule has 4 aliphatic rings. The molecule has 0 radical (unpaired) electrons. The first-order valence-corrected chi connectivity index (χ1v) is 16.9. The van der Waals surface area contributed by atoms with E-state index in [1.807, 2.05) is 4.90 Å². The molecule has 3 N–H and O–H groups in total. The van der Waals surface area contributed by atoms with Crippen LogP contribution in [0.4, 0.5) is 24.7 Å². The predicted octanol–water partition coefficient (Wildman–Crippen LogP) is 4.89. The second kappa shape index (κ2) is 13.0. The molecule has 11 nitrogen and oxygen atoms in total. The number of carbonyl (C=O) groups excluding carboxylic acids is 1. The van der Waals surface area contributed by atoms with Gasteiger partial charge in [0.1, 0.15) is 12.4 Å². The van der Waals surface area contributed by atoms with Crippen molar-refractivity contribution < 1.29 is 27.4 Å². The Labute approximate surface area is 287 Å². The second-order valence-corrected chi connectivity index (χ2v) is 13.4. The van der Waals surface area contributed by atoms with Crippen molar-refractivity contribution in [1.82, 2.24) is 30.0 Å². The van der Waals surface area contributed by atoms with Gasteiger partial charge in [-0.3, -0.25) is 14.4 Å². The van der Waals surface area contributed by atoms with Crippen molar-refractivity contribution in [2.45, 2.75) is 83.0 Å². The normalized spacial score (nSPS) is 20.1. The number of benzene rings is 1. The van der Waals surface area contributed by atoms with Crippen LogP contribution in [0.5, 0.6) is 6.01 Å². The Balaban J connectivity index is 1.28. The lowest BCUT2D eigenvalue weighted by atomic mass is 9.91. The number of alkyl halides is 3. The third-order valence-corrected chi connectivity index (χ3v) is 10.5. The number of fused-ring (bicyclic) bond motifs is 3. The Morgan fingerprint density at radius 2 is 1.96 bits per heavy atom. The highest BCUT2D eigenvalue weighted by Crippen LogP contribution is 2.44. The minimum absolute atomic E-state index is 0.0390. The van der Waals surface area contributed by atoms with E-state index in [1.165, 1.54) is 26.1 Å². The van der Waals surface area contributed by atoms with Crippen LogP contribution in [0.3, 0.4) is 0 Å².